The molecule has 0 fully saturated rings. The van der Waals surface area contributed by atoms with Crippen LogP contribution in [0.25, 0.3) is 6.08 Å². The van der Waals surface area contributed by atoms with Gasteiger partial charge in [-0.2, -0.15) is 0 Å². The van der Waals surface area contributed by atoms with E-state index < -0.39 is 6.10 Å². The average Bonchev–Trinajstić information content (AvgIpc) is 2.66. The zero-order valence-electron chi connectivity index (χ0n) is 9.71. The van der Waals surface area contributed by atoms with Crippen molar-refractivity contribution < 1.29 is 9.90 Å². The first kappa shape index (κ1) is 10.9. The lowest BCUT2D eigenvalue weighted by Gasteiger charge is -2.04. The first-order valence-corrected chi connectivity index (χ1v) is 5.86. The van der Waals surface area contributed by atoms with Gasteiger partial charge in [0.25, 0.3) is 0 Å². The van der Waals surface area contributed by atoms with Crippen molar-refractivity contribution in [3.63, 3.8) is 0 Å². The van der Waals surface area contributed by atoms with Gasteiger partial charge in [0.05, 0.1) is 0 Å². The van der Waals surface area contributed by atoms with Crippen LogP contribution >= 0.6 is 0 Å². The Kier molecular flexibility index (Phi) is 2.58. The molecule has 1 N–H and O–H groups in total. The zero-order valence-corrected chi connectivity index (χ0v) is 9.71. The summed E-state index contributed by atoms with van der Waals surface area (Å²) in [5, 5.41) is 10.2. The molecule has 2 nitrogen and oxygen atoms in total. The van der Waals surface area contributed by atoms with Crippen LogP contribution in [-0.2, 0) is 0 Å². The molecular weight excluding hydrogens is 224 g/mol. The van der Waals surface area contributed by atoms with Gasteiger partial charge in [-0.1, -0.05) is 54.6 Å². The fourth-order valence-corrected chi connectivity index (χ4v) is 2.26. The largest absolute Gasteiger partial charge is 0.383 e. The molecule has 0 saturated heterocycles. The molecule has 88 valence electrons. The molecule has 2 aromatic carbocycles. The lowest BCUT2D eigenvalue weighted by molar-refractivity contribution is 0.102. The molecule has 0 bridgehead atoms. The zero-order chi connectivity index (χ0) is 12.5. The minimum Gasteiger partial charge on any atom is -0.383 e. The Bertz CT molecular complexity index is 627. The number of fused-ring (bicyclic) bond motifs is 1. The molecule has 0 heterocycles. The van der Waals surface area contributed by atoms with E-state index in [4.69, 9.17) is 0 Å². The van der Waals surface area contributed by atoms with Crippen molar-refractivity contribution in [1.29, 1.82) is 0 Å². The number of carbonyl (C=O) groups excluding carboxylic acids is 1. The molecule has 0 amide bonds. The van der Waals surface area contributed by atoms with Crippen LogP contribution in [-0.4, -0.2) is 10.9 Å². The highest BCUT2D eigenvalue weighted by Crippen LogP contribution is 2.36. The molecule has 18 heavy (non-hydrogen) atoms. The fourth-order valence-electron chi connectivity index (χ4n) is 2.26. The number of hydrogen-bond acceptors (Lipinski definition) is 2. The number of hydrogen-bond donors (Lipinski definition) is 1. The summed E-state index contributed by atoms with van der Waals surface area (Å²) >= 11 is 0. The monoisotopic (exact) mass is 236 g/mol. The van der Waals surface area contributed by atoms with Crippen LogP contribution < -0.4 is 0 Å². The minimum absolute atomic E-state index is 0.0815. The second-order valence-corrected chi connectivity index (χ2v) is 4.33. The van der Waals surface area contributed by atoms with Crippen molar-refractivity contribution in [1.82, 2.24) is 0 Å². The maximum atomic E-state index is 12.2. The van der Waals surface area contributed by atoms with Crippen LogP contribution in [0.3, 0.4) is 0 Å². The number of carbonyl (C=O) groups is 1. The third-order valence-corrected chi connectivity index (χ3v) is 3.18. The van der Waals surface area contributed by atoms with Crippen molar-refractivity contribution in [3.05, 3.63) is 76.9 Å². The summed E-state index contributed by atoms with van der Waals surface area (Å²) in [4.78, 5) is 12.2. The van der Waals surface area contributed by atoms with Gasteiger partial charge < -0.3 is 5.11 Å². The third-order valence-electron chi connectivity index (χ3n) is 3.18. The first-order valence-electron chi connectivity index (χ1n) is 5.86. The molecule has 2 heteroatoms. The van der Waals surface area contributed by atoms with E-state index in [1.807, 2.05) is 42.5 Å². The fraction of sp³-hybridized carbons (Fsp3) is 0.0625. The highest BCUT2D eigenvalue weighted by atomic mass is 16.3. The molecule has 0 radical (unpaired) electrons. The van der Waals surface area contributed by atoms with Crippen LogP contribution in [0.4, 0.5) is 0 Å². The van der Waals surface area contributed by atoms with E-state index >= 15 is 0 Å². The Morgan fingerprint density at radius 1 is 0.944 bits per heavy atom. The summed E-state index contributed by atoms with van der Waals surface area (Å²) in [6.07, 6.45) is 0.946. The van der Waals surface area contributed by atoms with Gasteiger partial charge in [-0.25, -0.2) is 0 Å². The molecular formula is C16H12O2. The Labute approximate surface area is 105 Å². The maximum Gasteiger partial charge on any atom is 0.192 e. The highest BCUT2D eigenvalue weighted by molar-refractivity contribution is 6.16. The molecule has 1 atom stereocenters. The van der Waals surface area contributed by atoms with Crippen LogP contribution in [0.2, 0.25) is 0 Å². The molecule has 0 saturated carbocycles. The highest BCUT2D eigenvalue weighted by Gasteiger charge is 2.32. The van der Waals surface area contributed by atoms with Crippen molar-refractivity contribution in [2.45, 2.75) is 6.10 Å². The van der Waals surface area contributed by atoms with Gasteiger partial charge >= 0.3 is 0 Å². The minimum atomic E-state index is -0.811. The molecule has 1 aliphatic rings. The summed E-state index contributed by atoms with van der Waals surface area (Å²) < 4.78 is 0. The molecule has 1 unspecified atom stereocenters. The number of aliphatic hydroxyl groups is 1. The van der Waals surface area contributed by atoms with Gasteiger partial charge in [0.1, 0.15) is 6.10 Å². The average molecular weight is 236 g/mol. The summed E-state index contributed by atoms with van der Waals surface area (Å²) in [5.74, 6) is -0.0815. The summed E-state index contributed by atoms with van der Waals surface area (Å²) in [6, 6.07) is 16.8. The lowest BCUT2D eigenvalue weighted by atomic mass is 10.1. The number of aliphatic hydroxyl groups excluding tert-OH is 1. The molecule has 1 aliphatic carbocycles. The van der Waals surface area contributed by atoms with Crippen LogP contribution in [0.15, 0.2) is 60.2 Å². The molecule has 3 rings (SSSR count). The smallest absolute Gasteiger partial charge is 0.192 e. The number of Topliss-reactive ketones (excluding diaryl/α,β-unsaturated/α-hetero) is 1. The quantitative estimate of drug-likeness (QED) is 0.773. The van der Waals surface area contributed by atoms with E-state index in [1.165, 1.54) is 0 Å². The topological polar surface area (TPSA) is 37.3 Å². The van der Waals surface area contributed by atoms with Crippen molar-refractivity contribution in [2.24, 2.45) is 0 Å². The van der Waals surface area contributed by atoms with Crippen molar-refractivity contribution in [2.75, 3.05) is 0 Å². The van der Waals surface area contributed by atoms with E-state index in [9.17, 15) is 9.90 Å². The third kappa shape index (κ3) is 1.67. The molecule has 2 aromatic rings. The summed E-state index contributed by atoms with van der Waals surface area (Å²) in [5.41, 5.74) is 2.67. The first-order chi connectivity index (χ1) is 8.77. The van der Waals surface area contributed by atoms with Gasteiger partial charge in [-0.15, -0.1) is 0 Å². The van der Waals surface area contributed by atoms with E-state index in [0.29, 0.717) is 16.7 Å². The second kappa shape index (κ2) is 4.24. The molecule has 0 spiro atoms. The van der Waals surface area contributed by atoms with Crippen molar-refractivity contribution >= 4 is 11.9 Å². The SMILES string of the molecule is O=C1C(=Cc2ccccc2)C(O)c2ccccc21. The van der Waals surface area contributed by atoms with Gasteiger partial charge in [-0.3, -0.25) is 4.79 Å². The number of rotatable bonds is 1. The van der Waals surface area contributed by atoms with E-state index in [-0.39, 0.29) is 5.78 Å². The second-order valence-electron chi connectivity index (χ2n) is 4.33. The predicted octanol–water partition coefficient (Wildman–Crippen LogP) is 3.00. The van der Waals surface area contributed by atoms with Crippen LogP contribution in [0.1, 0.15) is 27.6 Å². The maximum absolute atomic E-state index is 12.2. The molecule has 0 aromatic heterocycles. The van der Waals surface area contributed by atoms with E-state index in [2.05, 4.69) is 0 Å². The standard InChI is InChI=1S/C16H12O2/c17-15-12-8-4-5-9-13(12)16(18)14(15)10-11-6-2-1-3-7-11/h1-10,15,17H. The lowest BCUT2D eigenvalue weighted by Crippen LogP contribution is -1.99. The number of benzene rings is 2. The summed E-state index contributed by atoms with van der Waals surface area (Å²) in [6.45, 7) is 0. The Hall–Kier alpha value is -2.19. The molecule has 0 aliphatic heterocycles. The Morgan fingerprint density at radius 3 is 2.33 bits per heavy atom. The van der Waals surface area contributed by atoms with E-state index in [0.717, 1.165) is 5.56 Å². The van der Waals surface area contributed by atoms with Crippen molar-refractivity contribution in [3.8, 4) is 0 Å². The van der Waals surface area contributed by atoms with E-state index in [1.54, 1.807) is 18.2 Å². The van der Waals surface area contributed by atoms with Crippen LogP contribution in [0, 0.1) is 0 Å². The normalized spacial score (nSPS) is 20.2. The van der Waals surface area contributed by atoms with Gasteiger partial charge in [0.15, 0.2) is 5.78 Å². The Morgan fingerprint density at radius 2 is 1.61 bits per heavy atom. The van der Waals surface area contributed by atoms with Gasteiger partial charge in [-0.05, 0) is 17.2 Å². The van der Waals surface area contributed by atoms with Gasteiger partial charge in [0.2, 0.25) is 0 Å². The Balaban J connectivity index is 2.07. The predicted molar refractivity (Wildman–Crippen MR) is 70.2 cm³/mol. The number of ketones is 1. The summed E-state index contributed by atoms with van der Waals surface area (Å²) in [7, 11) is 0. The van der Waals surface area contributed by atoms with Crippen LogP contribution in [0.5, 0.6) is 0 Å². The van der Waals surface area contributed by atoms with Gasteiger partial charge in [0, 0.05) is 11.1 Å².